The van der Waals surface area contributed by atoms with Crippen molar-refractivity contribution in [2.24, 2.45) is 0 Å². The molecule has 1 aromatic heterocycles. The van der Waals surface area contributed by atoms with Gasteiger partial charge >= 0.3 is 0 Å². The van der Waals surface area contributed by atoms with Crippen LogP contribution in [0.25, 0.3) is 11.4 Å². The van der Waals surface area contributed by atoms with Gasteiger partial charge in [0.2, 0.25) is 0 Å². The lowest BCUT2D eigenvalue weighted by atomic mass is 10.1. The van der Waals surface area contributed by atoms with Gasteiger partial charge in [0.15, 0.2) is 5.82 Å². The van der Waals surface area contributed by atoms with Crippen molar-refractivity contribution in [2.45, 2.75) is 31.6 Å². The van der Waals surface area contributed by atoms with Crippen LogP contribution in [0.5, 0.6) is 0 Å². The van der Waals surface area contributed by atoms with Crippen LogP contribution in [-0.2, 0) is 0 Å². The van der Waals surface area contributed by atoms with Gasteiger partial charge in [-0.15, -0.1) is 0 Å². The number of benzene rings is 1. The maximum absolute atomic E-state index is 13.6. The Labute approximate surface area is 99.1 Å². The van der Waals surface area contributed by atoms with E-state index in [9.17, 15) is 4.39 Å². The van der Waals surface area contributed by atoms with Gasteiger partial charge in [-0.05, 0) is 25.0 Å². The SMILES string of the molecule is Fc1ccccc1-c1n[nH]c(C2CCCC2)n1. The van der Waals surface area contributed by atoms with Crippen molar-refractivity contribution < 1.29 is 4.39 Å². The zero-order valence-electron chi connectivity index (χ0n) is 9.49. The molecule has 0 amide bonds. The first kappa shape index (κ1) is 10.4. The van der Waals surface area contributed by atoms with Crippen LogP contribution in [0.2, 0.25) is 0 Å². The van der Waals surface area contributed by atoms with Crippen LogP contribution < -0.4 is 0 Å². The molecule has 1 aliphatic rings. The molecule has 1 aliphatic carbocycles. The quantitative estimate of drug-likeness (QED) is 0.861. The molecule has 2 aromatic rings. The topological polar surface area (TPSA) is 41.6 Å². The lowest BCUT2D eigenvalue weighted by Gasteiger charge is -2.02. The standard InChI is InChI=1S/C13H14FN3/c14-11-8-4-3-7-10(11)13-15-12(16-17-13)9-5-1-2-6-9/h3-4,7-9H,1-2,5-6H2,(H,15,16,17). The largest absolute Gasteiger partial charge is 0.262 e. The van der Waals surface area contributed by atoms with Gasteiger partial charge < -0.3 is 0 Å². The fourth-order valence-corrected chi connectivity index (χ4v) is 2.42. The van der Waals surface area contributed by atoms with Crippen LogP contribution in [0.1, 0.15) is 37.4 Å². The first-order valence-electron chi connectivity index (χ1n) is 6.02. The van der Waals surface area contributed by atoms with E-state index in [4.69, 9.17) is 0 Å². The van der Waals surface area contributed by atoms with Gasteiger partial charge in [-0.2, -0.15) is 5.10 Å². The predicted molar refractivity (Wildman–Crippen MR) is 63.0 cm³/mol. The summed E-state index contributed by atoms with van der Waals surface area (Å²) in [6, 6.07) is 6.60. The lowest BCUT2D eigenvalue weighted by molar-refractivity contribution is 0.630. The van der Waals surface area contributed by atoms with E-state index in [1.54, 1.807) is 18.2 Å². The van der Waals surface area contributed by atoms with Gasteiger partial charge in [-0.3, -0.25) is 5.10 Å². The summed E-state index contributed by atoms with van der Waals surface area (Å²) in [6.07, 6.45) is 4.82. The summed E-state index contributed by atoms with van der Waals surface area (Å²) in [5.41, 5.74) is 0.466. The second-order valence-electron chi connectivity index (χ2n) is 4.51. The summed E-state index contributed by atoms with van der Waals surface area (Å²) >= 11 is 0. The average molecular weight is 231 g/mol. The Kier molecular flexibility index (Phi) is 2.63. The molecule has 0 atom stereocenters. The molecule has 0 aliphatic heterocycles. The van der Waals surface area contributed by atoms with Crippen molar-refractivity contribution in [1.29, 1.82) is 0 Å². The van der Waals surface area contributed by atoms with Crippen molar-refractivity contribution >= 4 is 0 Å². The molecular weight excluding hydrogens is 217 g/mol. The Hall–Kier alpha value is -1.71. The second-order valence-corrected chi connectivity index (χ2v) is 4.51. The molecule has 1 fully saturated rings. The van der Waals surface area contributed by atoms with E-state index in [-0.39, 0.29) is 5.82 Å². The molecule has 1 N–H and O–H groups in total. The highest BCUT2D eigenvalue weighted by Crippen LogP contribution is 2.32. The van der Waals surface area contributed by atoms with Crippen LogP contribution >= 0.6 is 0 Å². The minimum Gasteiger partial charge on any atom is -0.262 e. The Morgan fingerprint density at radius 1 is 1.18 bits per heavy atom. The minimum atomic E-state index is -0.274. The molecular formula is C13H14FN3. The molecule has 0 saturated heterocycles. The Bertz CT molecular complexity index is 515. The first-order chi connectivity index (χ1) is 8.34. The third kappa shape index (κ3) is 1.95. The highest BCUT2D eigenvalue weighted by Gasteiger charge is 2.21. The number of hydrogen-bond acceptors (Lipinski definition) is 2. The van der Waals surface area contributed by atoms with Crippen LogP contribution in [0.4, 0.5) is 4.39 Å². The molecule has 0 spiro atoms. The Morgan fingerprint density at radius 3 is 2.71 bits per heavy atom. The van der Waals surface area contributed by atoms with Crippen molar-refractivity contribution in [1.82, 2.24) is 15.2 Å². The second kappa shape index (κ2) is 4.28. The third-order valence-corrected chi connectivity index (χ3v) is 3.36. The van der Waals surface area contributed by atoms with Crippen LogP contribution in [0.15, 0.2) is 24.3 Å². The summed E-state index contributed by atoms with van der Waals surface area (Å²) in [7, 11) is 0. The van der Waals surface area contributed by atoms with Crippen molar-refractivity contribution in [3.63, 3.8) is 0 Å². The van der Waals surface area contributed by atoms with E-state index in [1.807, 2.05) is 0 Å². The number of aromatic amines is 1. The number of rotatable bonds is 2. The Balaban J connectivity index is 1.92. The van der Waals surface area contributed by atoms with E-state index in [1.165, 1.54) is 18.9 Å². The Morgan fingerprint density at radius 2 is 1.94 bits per heavy atom. The average Bonchev–Trinajstić information content (AvgIpc) is 3.00. The third-order valence-electron chi connectivity index (χ3n) is 3.36. The number of halogens is 1. The molecule has 1 heterocycles. The molecule has 0 bridgehead atoms. The molecule has 17 heavy (non-hydrogen) atoms. The van der Waals surface area contributed by atoms with E-state index in [0.717, 1.165) is 18.7 Å². The zero-order chi connectivity index (χ0) is 11.7. The number of H-pyrrole nitrogens is 1. The number of aromatic nitrogens is 3. The van der Waals surface area contributed by atoms with Gasteiger partial charge in [0, 0.05) is 5.92 Å². The highest BCUT2D eigenvalue weighted by molar-refractivity contribution is 5.55. The summed E-state index contributed by atoms with van der Waals surface area (Å²) in [5.74, 6) is 1.57. The minimum absolute atomic E-state index is 0.274. The number of nitrogens with zero attached hydrogens (tertiary/aromatic N) is 2. The molecule has 88 valence electrons. The normalized spacial score (nSPS) is 16.5. The van der Waals surface area contributed by atoms with E-state index < -0.39 is 0 Å². The molecule has 1 saturated carbocycles. The van der Waals surface area contributed by atoms with Crippen molar-refractivity contribution in [3.05, 3.63) is 35.9 Å². The van der Waals surface area contributed by atoms with E-state index in [2.05, 4.69) is 15.2 Å². The lowest BCUT2D eigenvalue weighted by Crippen LogP contribution is -1.94. The molecule has 4 heteroatoms. The monoisotopic (exact) mass is 231 g/mol. The van der Waals surface area contributed by atoms with E-state index in [0.29, 0.717) is 17.3 Å². The summed E-state index contributed by atoms with van der Waals surface area (Å²) in [6.45, 7) is 0. The van der Waals surface area contributed by atoms with Gasteiger partial charge in [0.1, 0.15) is 11.6 Å². The number of nitrogens with one attached hydrogen (secondary N) is 1. The maximum atomic E-state index is 13.6. The summed E-state index contributed by atoms with van der Waals surface area (Å²) in [5, 5.41) is 7.06. The van der Waals surface area contributed by atoms with Gasteiger partial charge in [0.25, 0.3) is 0 Å². The molecule has 1 aromatic carbocycles. The summed E-state index contributed by atoms with van der Waals surface area (Å²) in [4.78, 5) is 4.42. The van der Waals surface area contributed by atoms with Gasteiger partial charge in [-0.1, -0.05) is 25.0 Å². The molecule has 0 unspecified atom stereocenters. The van der Waals surface area contributed by atoms with Crippen molar-refractivity contribution in [3.8, 4) is 11.4 Å². The highest BCUT2D eigenvalue weighted by atomic mass is 19.1. The predicted octanol–water partition coefficient (Wildman–Crippen LogP) is 3.27. The van der Waals surface area contributed by atoms with Gasteiger partial charge in [0.05, 0.1) is 5.56 Å². The van der Waals surface area contributed by atoms with Crippen LogP contribution in [-0.4, -0.2) is 15.2 Å². The van der Waals surface area contributed by atoms with Crippen LogP contribution in [0, 0.1) is 5.82 Å². The molecule has 0 radical (unpaired) electrons. The molecule has 3 nitrogen and oxygen atoms in total. The van der Waals surface area contributed by atoms with Crippen LogP contribution in [0.3, 0.4) is 0 Å². The van der Waals surface area contributed by atoms with Crippen molar-refractivity contribution in [2.75, 3.05) is 0 Å². The van der Waals surface area contributed by atoms with E-state index >= 15 is 0 Å². The maximum Gasteiger partial charge on any atom is 0.184 e. The number of hydrogen-bond donors (Lipinski definition) is 1. The smallest absolute Gasteiger partial charge is 0.184 e. The van der Waals surface area contributed by atoms with Gasteiger partial charge in [-0.25, -0.2) is 9.37 Å². The first-order valence-corrected chi connectivity index (χ1v) is 6.02. The fourth-order valence-electron chi connectivity index (χ4n) is 2.42. The zero-order valence-corrected chi connectivity index (χ0v) is 9.49. The molecule has 3 rings (SSSR count). The fraction of sp³-hybridized carbons (Fsp3) is 0.385. The summed E-state index contributed by atoms with van der Waals surface area (Å²) < 4.78 is 13.6.